The molecule has 0 radical (unpaired) electrons. The number of nitro benzene ring substituents is 1. The second-order valence-electron chi connectivity index (χ2n) is 5.96. The summed E-state index contributed by atoms with van der Waals surface area (Å²) in [5, 5.41) is 14.4. The van der Waals surface area contributed by atoms with Gasteiger partial charge in [-0.05, 0) is 49.1 Å². The lowest BCUT2D eigenvalue weighted by molar-refractivity contribution is -0.384. The highest BCUT2D eigenvalue weighted by Crippen LogP contribution is 2.48. The summed E-state index contributed by atoms with van der Waals surface area (Å²) in [5.41, 5.74) is 0.686. The lowest BCUT2D eigenvalue weighted by Crippen LogP contribution is -2.20. The third-order valence-electron chi connectivity index (χ3n) is 4.84. The number of benzene rings is 1. The second kappa shape index (κ2) is 5.31. The largest absolute Gasteiger partial charge is 0.496 e. The average Bonchev–Trinajstić information content (AvgIpc) is 3.07. The van der Waals surface area contributed by atoms with Gasteiger partial charge in [0.25, 0.3) is 5.69 Å². The van der Waals surface area contributed by atoms with Crippen LogP contribution in [0.15, 0.2) is 18.2 Å². The lowest BCUT2D eigenvalue weighted by atomic mass is 9.89. The molecule has 1 aromatic carbocycles. The van der Waals surface area contributed by atoms with Gasteiger partial charge in [-0.15, -0.1) is 0 Å². The van der Waals surface area contributed by atoms with Crippen LogP contribution in [0.5, 0.6) is 5.75 Å². The molecule has 3 atom stereocenters. The number of anilines is 1. The van der Waals surface area contributed by atoms with E-state index < -0.39 is 0 Å². The summed E-state index contributed by atoms with van der Waals surface area (Å²) in [4.78, 5) is 10.8. The smallest absolute Gasteiger partial charge is 0.296 e. The van der Waals surface area contributed by atoms with Crippen LogP contribution in [0.3, 0.4) is 0 Å². The Labute approximate surface area is 118 Å². The Kier molecular flexibility index (Phi) is 3.51. The number of hydrogen-bond acceptors (Lipinski definition) is 4. The first-order valence-corrected chi connectivity index (χ1v) is 7.23. The minimum Gasteiger partial charge on any atom is -0.496 e. The van der Waals surface area contributed by atoms with Crippen molar-refractivity contribution in [3.8, 4) is 5.75 Å². The Hall–Kier alpha value is -1.78. The highest BCUT2D eigenvalue weighted by atomic mass is 16.6. The van der Waals surface area contributed by atoms with Gasteiger partial charge in [-0.2, -0.15) is 0 Å². The summed E-state index contributed by atoms with van der Waals surface area (Å²) in [6, 6.07) is 4.98. The zero-order chi connectivity index (χ0) is 14.1. The molecule has 0 aromatic heterocycles. The molecule has 2 aliphatic carbocycles. The highest BCUT2D eigenvalue weighted by molar-refractivity contribution is 5.63. The SMILES string of the molecule is COc1ccc(NCC2CC3CCC2C3)c([N+](=O)[O-])c1. The van der Waals surface area contributed by atoms with Crippen molar-refractivity contribution in [1.29, 1.82) is 0 Å². The molecular formula is C15H20N2O3. The van der Waals surface area contributed by atoms with Gasteiger partial charge in [0.15, 0.2) is 0 Å². The molecule has 0 amide bonds. The van der Waals surface area contributed by atoms with E-state index in [0.29, 0.717) is 17.4 Å². The summed E-state index contributed by atoms with van der Waals surface area (Å²) in [6.45, 7) is 0.842. The van der Waals surface area contributed by atoms with E-state index in [1.807, 2.05) is 0 Å². The molecule has 0 aliphatic heterocycles. The van der Waals surface area contributed by atoms with Gasteiger partial charge in [0.05, 0.1) is 18.1 Å². The maximum absolute atomic E-state index is 11.1. The number of nitro groups is 1. The highest BCUT2D eigenvalue weighted by Gasteiger charge is 2.39. The van der Waals surface area contributed by atoms with Crippen LogP contribution in [0.4, 0.5) is 11.4 Å². The van der Waals surface area contributed by atoms with Crippen molar-refractivity contribution in [3.63, 3.8) is 0 Å². The third kappa shape index (κ3) is 2.44. The number of methoxy groups -OCH3 is 1. The molecule has 0 saturated heterocycles. The van der Waals surface area contributed by atoms with Gasteiger partial charge >= 0.3 is 0 Å². The molecule has 5 nitrogen and oxygen atoms in total. The molecular weight excluding hydrogens is 256 g/mol. The molecule has 2 saturated carbocycles. The number of rotatable bonds is 5. The summed E-state index contributed by atoms with van der Waals surface area (Å²) in [5.74, 6) is 2.92. The Balaban J connectivity index is 1.69. The normalized spacial score (nSPS) is 27.6. The average molecular weight is 276 g/mol. The molecule has 0 heterocycles. The van der Waals surface area contributed by atoms with Crippen LogP contribution in [-0.2, 0) is 0 Å². The van der Waals surface area contributed by atoms with Gasteiger partial charge in [-0.1, -0.05) is 6.42 Å². The molecule has 2 aliphatic rings. The Morgan fingerprint density at radius 2 is 2.25 bits per heavy atom. The van der Waals surface area contributed by atoms with Crippen molar-refractivity contribution in [2.45, 2.75) is 25.7 Å². The van der Waals surface area contributed by atoms with Crippen LogP contribution in [0, 0.1) is 27.9 Å². The lowest BCUT2D eigenvalue weighted by Gasteiger charge is -2.22. The fourth-order valence-corrected chi connectivity index (χ4v) is 3.81. The van der Waals surface area contributed by atoms with Gasteiger partial charge in [-0.25, -0.2) is 0 Å². The van der Waals surface area contributed by atoms with Crippen LogP contribution in [0.25, 0.3) is 0 Å². The molecule has 2 bridgehead atoms. The fourth-order valence-electron chi connectivity index (χ4n) is 3.81. The molecule has 1 aromatic rings. The van der Waals surface area contributed by atoms with Crippen molar-refractivity contribution >= 4 is 11.4 Å². The van der Waals surface area contributed by atoms with E-state index in [1.165, 1.54) is 38.9 Å². The molecule has 0 spiro atoms. The number of ether oxygens (including phenoxy) is 1. The van der Waals surface area contributed by atoms with Crippen LogP contribution in [-0.4, -0.2) is 18.6 Å². The molecule has 108 valence electrons. The first kappa shape index (κ1) is 13.2. The molecule has 2 fully saturated rings. The summed E-state index contributed by atoms with van der Waals surface area (Å²) < 4.78 is 5.05. The summed E-state index contributed by atoms with van der Waals surface area (Å²) in [6.07, 6.45) is 5.35. The van der Waals surface area contributed by atoms with Crippen LogP contribution in [0.1, 0.15) is 25.7 Å². The van der Waals surface area contributed by atoms with Crippen LogP contribution < -0.4 is 10.1 Å². The number of nitrogens with one attached hydrogen (secondary N) is 1. The molecule has 5 heteroatoms. The predicted molar refractivity (Wildman–Crippen MR) is 77.1 cm³/mol. The van der Waals surface area contributed by atoms with E-state index in [0.717, 1.165) is 18.4 Å². The maximum Gasteiger partial charge on any atom is 0.296 e. The molecule has 3 rings (SSSR count). The Morgan fingerprint density at radius 1 is 1.40 bits per heavy atom. The van der Waals surface area contributed by atoms with Gasteiger partial charge in [0.2, 0.25) is 0 Å². The van der Waals surface area contributed by atoms with Crippen molar-refractivity contribution in [3.05, 3.63) is 28.3 Å². The second-order valence-corrected chi connectivity index (χ2v) is 5.96. The molecule has 3 unspecified atom stereocenters. The topological polar surface area (TPSA) is 64.4 Å². The van der Waals surface area contributed by atoms with E-state index in [-0.39, 0.29) is 10.6 Å². The van der Waals surface area contributed by atoms with E-state index in [2.05, 4.69) is 5.32 Å². The standard InChI is InChI=1S/C15H20N2O3/c1-20-13-4-5-14(15(8-13)17(18)19)16-9-12-7-10-2-3-11(12)6-10/h4-5,8,10-12,16H,2-3,6-7,9H2,1H3. The first-order valence-electron chi connectivity index (χ1n) is 7.23. The van der Waals surface area contributed by atoms with Crippen molar-refractivity contribution in [1.82, 2.24) is 0 Å². The Bertz CT molecular complexity index is 518. The Morgan fingerprint density at radius 3 is 2.85 bits per heavy atom. The number of hydrogen-bond donors (Lipinski definition) is 1. The zero-order valence-electron chi connectivity index (χ0n) is 11.7. The van der Waals surface area contributed by atoms with Crippen LogP contribution >= 0.6 is 0 Å². The quantitative estimate of drug-likeness (QED) is 0.661. The van der Waals surface area contributed by atoms with E-state index >= 15 is 0 Å². The van der Waals surface area contributed by atoms with E-state index in [9.17, 15) is 10.1 Å². The minimum absolute atomic E-state index is 0.0903. The number of fused-ring (bicyclic) bond motifs is 2. The first-order chi connectivity index (χ1) is 9.67. The predicted octanol–water partition coefficient (Wildman–Crippen LogP) is 3.45. The van der Waals surface area contributed by atoms with Gasteiger partial charge in [0, 0.05) is 6.54 Å². The van der Waals surface area contributed by atoms with Gasteiger partial charge < -0.3 is 10.1 Å². The summed E-state index contributed by atoms with van der Waals surface area (Å²) >= 11 is 0. The van der Waals surface area contributed by atoms with Crippen molar-refractivity contribution in [2.75, 3.05) is 19.0 Å². The fraction of sp³-hybridized carbons (Fsp3) is 0.600. The molecule has 20 heavy (non-hydrogen) atoms. The van der Waals surface area contributed by atoms with E-state index in [4.69, 9.17) is 4.74 Å². The zero-order valence-corrected chi connectivity index (χ0v) is 11.7. The van der Waals surface area contributed by atoms with Crippen molar-refractivity contribution in [2.24, 2.45) is 17.8 Å². The van der Waals surface area contributed by atoms with Gasteiger partial charge in [0.1, 0.15) is 11.4 Å². The van der Waals surface area contributed by atoms with Crippen LogP contribution in [0.2, 0.25) is 0 Å². The maximum atomic E-state index is 11.1. The van der Waals surface area contributed by atoms with Gasteiger partial charge in [-0.3, -0.25) is 10.1 Å². The monoisotopic (exact) mass is 276 g/mol. The molecule has 1 N–H and O–H groups in total. The summed E-state index contributed by atoms with van der Waals surface area (Å²) in [7, 11) is 1.52. The van der Waals surface area contributed by atoms with E-state index in [1.54, 1.807) is 12.1 Å². The third-order valence-corrected chi connectivity index (χ3v) is 4.84. The number of nitrogens with zero attached hydrogens (tertiary/aromatic N) is 1. The minimum atomic E-state index is -0.356. The van der Waals surface area contributed by atoms with Crippen molar-refractivity contribution < 1.29 is 9.66 Å².